The fourth-order valence-corrected chi connectivity index (χ4v) is 3.24. The Kier molecular flexibility index (Phi) is 4.71. The van der Waals surface area contributed by atoms with Gasteiger partial charge in [-0.15, -0.1) is 0 Å². The third-order valence-corrected chi connectivity index (χ3v) is 4.59. The van der Waals surface area contributed by atoms with E-state index >= 15 is 0 Å². The number of carbonyl (C=O) groups is 1. The van der Waals surface area contributed by atoms with E-state index in [2.05, 4.69) is 4.74 Å². The van der Waals surface area contributed by atoms with Gasteiger partial charge in [-0.2, -0.15) is 0 Å². The van der Waals surface area contributed by atoms with Crippen LogP contribution in [-0.4, -0.2) is 43.3 Å². The Morgan fingerprint density at radius 2 is 2.17 bits per heavy atom. The normalized spacial score (nSPS) is 23.8. The molecule has 2 atom stereocenters. The summed E-state index contributed by atoms with van der Waals surface area (Å²) in [5, 5.41) is 11.5. The van der Waals surface area contributed by atoms with Crippen LogP contribution in [0.3, 0.4) is 0 Å². The maximum absolute atomic E-state index is 11.5. The Morgan fingerprint density at radius 3 is 2.79 bits per heavy atom. The first kappa shape index (κ1) is 16.7. The Bertz CT molecular complexity index is 644. The van der Waals surface area contributed by atoms with E-state index in [0.717, 1.165) is 0 Å². The van der Waals surface area contributed by atoms with Gasteiger partial charge in [0.05, 0.1) is 30.7 Å². The van der Waals surface area contributed by atoms with E-state index in [4.69, 9.17) is 4.74 Å². The number of esters is 1. The van der Waals surface area contributed by atoms with Crippen molar-refractivity contribution in [2.24, 2.45) is 5.92 Å². The van der Waals surface area contributed by atoms with E-state index in [1.165, 1.54) is 26.0 Å². The molecule has 1 saturated carbocycles. The highest BCUT2D eigenvalue weighted by Gasteiger charge is 2.38. The number of carbonyl (C=O) groups excluding carboxylic acids is 1. The zero-order valence-electron chi connectivity index (χ0n) is 13.9. The van der Waals surface area contributed by atoms with Crippen LogP contribution < -0.4 is 4.90 Å². The third kappa shape index (κ3) is 3.67. The second kappa shape index (κ2) is 6.76. The van der Waals surface area contributed by atoms with E-state index in [1.807, 2.05) is 11.8 Å². The van der Waals surface area contributed by atoms with Crippen molar-refractivity contribution in [3.8, 4) is 0 Å². The van der Waals surface area contributed by atoms with Gasteiger partial charge < -0.3 is 14.4 Å². The highest BCUT2D eigenvalue weighted by molar-refractivity contribution is 5.74. The Hall–Kier alpha value is -2.15. The molecule has 0 amide bonds. The summed E-state index contributed by atoms with van der Waals surface area (Å²) in [7, 11) is 1.30. The molecule has 0 spiro atoms. The van der Waals surface area contributed by atoms with Crippen molar-refractivity contribution in [1.82, 2.24) is 0 Å². The summed E-state index contributed by atoms with van der Waals surface area (Å²) in [6.07, 6.45) is 2.56. The van der Waals surface area contributed by atoms with Crippen LogP contribution in [0.1, 0.15) is 25.3 Å². The molecular formula is C17H22N2O5. The van der Waals surface area contributed by atoms with Crippen LogP contribution in [0.15, 0.2) is 18.2 Å². The summed E-state index contributed by atoms with van der Waals surface area (Å²) in [6, 6.07) is 4.96. The lowest BCUT2D eigenvalue weighted by Crippen LogP contribution is -2.47. The molecule has 0 bridgehead atoms. The van der Waals surface area contributed by atoms with Gasteiger partial charge >= 0.3 is 5.97 Å². The number of nitrogens with zero attached hydrogens (tertiary/aromatic N) is 2. The molecular weight excluding hydrogens is 312 g/mol. The van der Waals surface area contributed by atoms with Gasteiger partial charge in [0.25, 0.3) is 5.69 Å². The molecule has 24 heavy (non-hydrogen) atoms. The number of hydrogen-bond donors (Lipinski definition) is 0. The van der Waals surface area contributed by atoms with Gasteiger partial charge in [0, 0.05) is 19.2 Å². The van der Waals surface area contributed by atoms with Crippen molar-refractivity contribution in [1.29, 1.82) is 0 Å². The Balaban J connectivity index is 1.85. The molecule has 0 unspecified atom stereocenters. The van der Waals surface area contributed by atoms with Crippen LogP contribution in [0.2, 0.25) is 0 Å². The van der Waals surface area contributed by atoms with Crippen LogP contribution in [0.5, 0.6) is 0 Å². The highest BCUT2D eigenvalue weighted by atomic mass is 16.6. The monoisotopic (exact) mass is 334 g/mol. The minimum atomic E-state index is -0.411. The van der Waals surface area contributed by atoms with E-state index in [1.54, 1.807) is 12.1 Å². The van der Waals surface area contributed by atoms with Crippen molar-refractivity contribution in [3.63, 3.8) is 0 Å². The molecule has 1 saturated heterocycles. The first-order valence-electron chi connectivity index (χ1n) is 8.22. The number of anilines is 1. The average molecular weight is 334 g/mol. The number of nitro benzene ring substituents is 1. The summed E-state index contributed by atoms with van der Waals surface area (Å²) in [4.78, 5) is 24.6. The van der Waals surface area contributed by atoms with Crippen LogP contribution in [0, 0.1) is 16.0 Å². The Morgan fingerprint density at radius 1 is 1.42 bits per heavy atom. The summed E-state index contributed by atoms with van der Waals surface area (Å²) < 4.78 is 10.6. The largest absolute Gasteiger partial charge is 0.469 e. The molecule has 1 aromatic rings. The zero-order valence-corrected chi connectivity index (χ0v) is 13.9. The molecule has 0 N–H and O–H groups in total. The van der Waals surface area contributed by atoms with Gasteiger partial charge in [-0.25, -0.2) is 0 Å². The summed E-state index contributed by atoms with van der Waals surface area (Å²) in [5.74, 6) is 0.166. The van der Waals surface area contributed by atoms with Gasteiger partial charge in [-0.3, -0.25) is 14.9 Å². The smallest absolute Gasteiger partial charge is 0.309 e. The predicted octanol–water partition coefficient (Wildman–Crippen LogP) is 2.31. The first-order chi connectivity index (χ1) is 11.5. The molecule has 2 aliphatic rings. The molecule has 7 heteroatoms. The van der Waals surface area contributed by atoms with E-state index < -0.39 is 5.97 Å². The lowest BCUT2D eigenvalue weighted by Gasteiger charge is -2.38. The van der Waals surface area contributed by atoms with Crippen LogP contribution in [0.25, 0.3) is 0 Å². The average Bonchev–Trinajstić information content (AvgIpc) is 3.39. The lowest BCUT2D eigenvalue weighted by molar-refractivity contribution is -0.384. The quantitative estimate of drug-likeness (QED) is 0.467. The van der Waals surface area contributed by atoms with Crippen LogP contribution in [-0.2, 0) is 20.7 Å². The van der Waals surface area contributed by atoms with Crippen molar-refractivity contribution in [2.75, 3.05) is 25.1 Å². The SMILES string of the molecule is COC(=O)Cc1ccc(N2C[C@@H](C3CC3)O[C@@H](C)C2)c([N+](=O)[O-])c1. The predicted molar refractivity (Wildman–Crippen MR) is 88.1 cm³/mol. The van der Waals surface area contributed by atoms with Crippen LogP contribution >= 0.6 is 0 Å². The van der Waals surface area contributed by atoms with Gasteiger partial charge in [0.1, 0.15) is 5.69 Å². The minimum absolute atomic E-state index is 0.0278. The van der Waals surface area contributed by atoms with Crippen molar-refractivity contribution < 1.29 is 19.2 Å². The van der Waals surface area contributed by atoms with E-state index in [0.29, 0.717) is 30.3 Å². The van der Waals surface area contributed by atoms with Gasteiger partial charge in [-0.1, -0.05) is 6.07 Å². The van der Waals surface area contributed by atoms with Gasteiger partial charge in [0.2, 0.25) is 0 Å². The van der Waals surface area contributed by atoms with Crippen molar-refractivity contribution in [3.05, 3.63) is 33.9 Å². The summed E-state index contributed by atoms with van der Waals surface area (Å²) in [6.45, 7) is 3.30. The molecule has 1 aliphatic carbocycles. The molecule has 0 aromatic heterocycles. The number of hydrogen-bond acceptors (Lipinski definition) is 6. The molecule has 1 heterocycles. The van der Waals surface area contributed by atoms with E-state index in [-0.39, 0.29) is 29.2 Å². The highest BCUT2D eigenvalue weighted by Crippen LogP contribution is 2.39. The molecule has 1 aromatic carbocycles. The molecule has 3 rings (SSSR count). The number of morpholine rings is 1. The standard InChI is InChI=1S/C17H22N2O5/c1-11-9-18(10-16(24-11)13-4-5-13)14-6-3-12(8-17(20)23-2)7-15(14)19(21)22/h3,6-7,11,13,16H,4-5,8-10H2,1-2H3/t11-,16-/m0/s1. The maximum Gasteiger partial charge on any atom is 0.309 e. The second-order valence-electron chi connectivity index (χ2n) is 6.56. The molecule has 0 radical (unpaired) electrons. The molecule has 130 valence electrons. The summed E-state index contributed by atoms with van der Waals surface area (Å²) >= 11 is 0. The number of methoxy groups -OCH3 is 1. The molecule has 7 nitrogen and oxygen atoms in total. The minimum Gasteiger partial charge on any atom is -0.469 e. The molecule has 1 aliphatic heterocycles. The Labute approximate surface area is 140 Å². The number of rotatable bonds is 5. The fourth-order valence-electron chi connectivity index (χ4n) is 3.24. The van der Waals surface area contributed by atoms with E-state index in [9.17, 15) is 14.9 Å². The number of benzene rings is 1. The van der Waals surface area contributed by atoms with Crippen molar-refractivity contribution >= 4 is 17.3 Å². The molecule has 2 fully saturated rings. The fraction of sp³-hybridized carbons (Fsp3) is 0.588. The van der Waals surface area contributed by atoms with Crippen LogP contribution in [0.4, 0.5) is 11.4 Å². The van der Waals surface area contributed by atoms with Crippen molar-refractivity contribution in [2.45, 2.75) is 38.4 Å². The van der Waals surface area contributed by atoms with Gasteiger partial charge in [0.15, 0.2) is 0 Å². The first-order valence-corrected chi connectivity index (χ1v) is 8.22. The number of ether oxygens (including phenoxy) is 2. The third-order valence-electron chi connectivity index (χ3n) is 4.59. The lowest BCUT2D eigenvalue weighted by atomic mass is 10.1. The topological polar surface area (TPSA) is 81.9 Å². The summed E-state index contributed by atoms with van der Waals surface area (Å²) in [5.41, 5.74) is 1.20. The van der Waals surface area contributed by atoms with Gasteiger partial charge in [-0.05, 0) is 37.3 Å². The second-order valence-corrected chi connectivity index (χ2v) is 6.56. The maximum atomic E-state index is 11.5. The zero-order chi connectivity index (χ0) is 17.3. The number of nitro groups is 1.